The highest BCUT2D eigenvalue weighted by Gasteiger charge is 2.32. The van der Waals surface area contributed by atoms with Crippen molar-refractivity contribution >= 4 is 33.2 Å². The van der Waals surface area contributed by atoms with Crippen LogP contribution in [0.2, 0.25) is 0 Å². The van der Waals surface area contributed by atoms with Crippen LogP contribution in [0.1, 0.15) is 16.7 Å². The number of carbonyl (C=O) groups excluding carboxylic acids is 1. The summed E-state index contributed by atoms with van der Waals surface area (Å²) in [6, 6.07) is 7.13. The molecule has 162 valence electrons. The number of morpholine rings is 1. The lowest BCUT2D eigenvalue weighted by atomic mass is 10.1. The average Bonchev–Trinajstić information content (AvgIpc) is 2.67. The lowest BCUT2D eigenvalue weighted by Crippen LogP contribution is -2.37. The van der Waals surface area contributed by atoms with Crippen molar-refractivity contribution in [3.63, 3.8) is 0 Å². The summed E-state index contributed by atoms with van der Waals surface area (Å²) in [5.41, 5.74) is 1.68. The summed E-state index contributed by atoms with van der Waals surface area (Å²) in [4.78, 5) is 14.4. The summed E-state index contributed by atoms with van der Waals surface area (Å²) in [5, 5.41) is 2.58. The van der Waals surface area contributed by atoms with Crippen LogP contribution in [-0.2, 0) is 15.7 Å². The van der Waals surface area contributed by atoms with Gasteiger partial charge in [0, 0.05) is 13.1 Å². The van der Waals surface area contributed by atoms with Gasteiger partial charge in [-0.1, -0.05) is 6.07 Å². The molecule has 3 rings (SSSR count). The van der Waals surface area contributed by atoms with Gasteiger partial charge in [-0.15, -0.1) is 0 Å². The minimum atomic E-state index is -4.51. The van der Waals surface area contributed by atoms with E-state index >= 15 is 0 Å². The zero-order chi connectivity index (χ0) is 21.9. The lowest BCUT2D eigenvalue weighted by Gasteiger charge is -2.31. The molecule has 1 saturated heterocycles. The van der Waals surface area contributed by atoms with Gasteiger partial charge in [0.15, 0.2) is 6.61 Å². The molecule has 1 N–H and O–H groups in total. The molecule has 1 aliphatic heterocycles. The maximum Gasteiger partial charge on any atom is 0.416 e. The van der Waals surface area contributed by atoms with Gasteiger partial charge in [0.25, 0.3) is 5.91 Å². The van der Waals surface area contributed by atoms with Crippen LogP contribution in [0.4, 0.5) is 24.5 Å². The number of nitrogens with zero attached hydrogens (tertiary/aromatic N) is 1. The Bertz CT molecular complexity index is 905. The molecule has 1 heterocycles. The quantitative estimate of drug-likeness (QED) is 0.650. The van der Waals surface area contributed by atoms with Crippen LogP contribution >= 0.6 is 15.9 Å². The molecule has 0 bridgehead atoms. The molecule has 9 heteroatoms. The van der Waals surface area contributed by atoms with Crippen molar-refractivity contribution in [1.29, 1.82) is 0 Å². The van der Waals surface area contributed by atoms with Gasteiger partial charge in [-0.25, -0.2) is 0 Å². The van der Waals surface area contributed by atoms with E-state index in [1.165, 1.54) is 6.07 Å². The number of halogens is 4. The summed E-state index contributed by atoms with van der Waals surface area (Å²) >= 11 is 3.41. The van der Waals surface area contributed by atoms with Crippen molar-refractivity contribution in [3.8, 4) is 5.75 Å². The number of benzene rings is 2. The van der Waals surface area contributed by atoms with E-state index in [2.05, 4.69) is 21.2 Å². The molecule has 1 fully saturated rings. The molecule has 0 radical (unpaired) electrons. The third-order valence-electron chi connectivity index (χ3n) is 4.67. The van der Waals surface area contributed by atoms with E-state index in [1.807, 2.05) is 30.9 Å². The summed E-state index contributed by atoms with van der Waals surface area (Å²) in [6.45, 7) is 5.46. The van der Waals surface area contributed by atoms with Gasteiger partial charge in [-0.05, 0) is 65.2 Å². The van der Waals surface area contributed by atoms with Crippen LogP contribution < -0.4 is 15.0 Å². The molecule has 0 atom stereocenters. The van der Waals surface area contributed by atoms with Crippen LogP contribution in [0.15, 0.2) is 34.8 Å². The van der Waals surface area contributed by atoms with Crippen LogP contribution in [0.25, 0.3) is 0 Å². The molecule has 0 aliphatic carbocycles. The number of anilines is 2. The van der Waals surface area contributed by atoms with Crippen LogP contribution in [0.5, 0.6) is 5.75 Å². The molecule has 30 heavy (non-hydrogen) atoms. The Labute approximate surface area is 181 Å². The van der Waals surface area contributed by atoms with E-state index in [0.29, 0.717) is 42.2 Å². The molecule has 1 aliphatic rings. The van der Waals surface area contributed by atoms with E-state index in [9.17, 15) is 18.0 Å². The number of alkyl halides is 3. The highest BCUT2D eigenvalue weighted by Crippen LogP contribution is 2.36. The largest absolute Gasteiger partial charge is 0.482 e. The molecule has 0 saturated carbocycles. The Morgan fingerprint density at radius 3 is 2.53 bits per heavy atom. The molecular formula is C21H22BrF3N2O3. The molecule has 2 aromatic rings. The van der Waals surface area contributed by atoms with Gasteiger partial charge in [0.2, 0.25) is 0 Å². The third kappa shape index (κ3) is 5.46. The monoisotopic (exact) mass is 486 g/mol. The normalized spacial score (nSPS) is 14.5. The second-order valence-corrected chi connectivity index (χ2v) is 7.91. The first-order valence-electron chi connectivity index (χ1n) is 9.38. The van der Waals surface area contributed by atoms with Gasteiger partial charge in [0.05, 0.1) is 34.6 Å². The maximum atomic E-state index is 13.2. The summed E-state index contributed by atoms with van der Waals surface area (Å²) in [6.07, 6.45) is -4.51. The predicted molar refractivity (Wildman–Crippen MR) is 112 cm³/mol. The van der Waals surface area contributed by atoms with E-state index in [-0.39, 0.29) is 12.3 Å². The number of ether oxygens (including phenoxy) is 2. The molecule has 0 spiro atoms. The molecule has 0 unspecified atom stereocenters. The number of nitrogens with one attached hydrogen (secondary N) is 1. The van der Waals surface area contributed by atoms with Crippen molar-refractivity contribution in [2.45, 2.75) is 20.0 Å². The van der Waals surface area contributed by atoms with Gasteiger partial charge in [0.1, 0.15) is 5.75 Å². The minimum Gasteiger partial charge on any atom is -0.482 e. The highest BCUT2D eigenvalue weighted by molar-refractivity contribution is 9.10. The Hall–Kier alpha value is -2.26. The molecule has 5 nitrogen and oxygen atoms in total. The third-order valence-corrected chi connectivity index (χ3v) is 5.26. The number of hydrogen-bond acceptors (Lipinski definition) is 4. The van der Waals surface area contributed by atoms with Crippen molar-refractivity contribution in [3.05, 3.63) is 51.5 Å². The minimum absolute atomic E-state index is 0.0972. The Balaban J connectivity index is 1.79. The zero-order valence-corrected chi connectivity index (χ0v) is 18.2. The van der Waals surface area contributed by atoms with Crippen molar-refractivity contribution in [2.75, 3.05) is 43.1 Å². The Morgan fingerprint density at radius 1 is 1.20 bits per heavy atom. The molecular weight excluding hydrogens is 465 g/mol. The van der Waals surface area contributed by atoms with E-state index in [0.717, 1.165) is 23.3 Å². The molecule has 2 aromatic carbocycles. The van der Waals surface area contributed by atoms with E-state index in [1.54, 1.807) is 0 Å². The number of aryl methyl sites for hydroxylation is 2. The SMILES string of the molecule is Cc1cc(C)c(OCC(=O)Nc2cc(C(F)(F)F)ccc2N2CCOCC2)c(Br)c1. The van der Waals surface area contributed by atoms with Crippen LogP contribution in [0, 0.1) is 13.8 Å². The summed E-state index contributed by atoms with van der Waals surface area (Å²) in [7, 11) is 0. The number of carbonyl (C=O) groups is 1. The second kappa shape index (κ2) is 9.26. The van der Waals surface area contributed by atoms with Crippen LogP contribution in [0.3, 0.4) is 0 Å². The molecule has 1 amide bonds. The highest BCUT2D eigenvalue weighted by atomic mass is 79.9. The number of amides is 1. The van der Waals surface area contributed by atoms with Crippen molar-refractivity contribution in [2.24, 2.45) is 0 Å². The molecule has 0 aromatic heterocycles. The van der Waals surface area contributed by atoms with Crippen LogP contribution in [-0.4, -0.2) is 38.8 Å². The van der Waals surface area contributed by atoms with Gasteiger partial charge >= 0.3 is 6.18 Å². The average molecular weight is 487 g/mol. The maximum absolute atomic E-state index is 13.2. The van der Waals surface area contributed by atoms with E-state index in [4.69, 9.17) is 9.47 Å². The number of rotatable bonds is 5. The first kappa shape index (κ1) is 22.4. The smallest absolute Gasteiger partial charge is 0.416 e. The van der Waals surface area contributed by atoms with E-state index < -0.39 is 17.6 Å². The Morgan fingerprint density at radius 2 is 1.90 bits per heavy atom. The Kier molecular flexibility index (Phi) is 6.92. The second-order valence-electron chi connectivity index (χ2n) is 7.06. The standard InChI is InChI=1S/C21H22BrF3N2O3/c1-13-9-14(2)20(16(22)10-13)30-12-19(28)26-17-11-15(21(23,24)25)3-4-18(17)27-5-7-29-8-6-27/h3-4,9-11H,5-8,12H2,1-2H3,(H,26,28). The summed E-state index contributed by atoms with van der Waals surface area (Å²) < 4.78 is 51.2. The predicted octanol–water partition coefficient (Wildman–Crippen LogP) is 4.94. The van der Waals surface area contributed by atoms with Gasteiger partial charge < -0.3 is 19.7 Å². The fourth-order valence-electron chi connectivity index (χ4n) is 3.30. The van der Waals surface area contributed by atoms with Crippen molar-refractivity contribution in [1.82, 2.24) is 0 Å². The fraction of sp³-hybridized carbons (Fsp3) is 0.381. The lowest BCUT2D eigenvalue weighted by molar-refractivity contribution is -0.137. The van der Waals surface area contributed by atoms with Gasteiger partial charge in [-0.3, -0.25) is 4.79 Å². The first-order chi connectivity index (χ1) is 14.1. The first-order valence-corrected chi connectivity index (χ1v) is 10.2. The number of hydrogen-bond donors (Lipinski definition) is 1. The topological polar surface area (TPSA) is 50.8 Å². The van der Waals surface area contributed by atoms with Gasteiger partial charge in [-0.2, -0.15) is 13.2 Å². The zero-order valence-electron chi connectivity index (χ0n) is 16.6. The summed E-state index contributed by atoms with van der Waals surface area (Å²) in [5.74, 6) is -0.0242. The fourth-order valence-corrected chi connectivity index (χ4v) is 4.09. The van der Waals surface area contributed by atoms with Crippen molar-refractivity contribution < 1.29 is 27.4 Å².